The zero-order valence-corrected chi connectivity index (χ0v) is 22.5. The van der Waals surface area contributed by atoms with Crippen molar-refractivity contribution in [1.82, 2.24) is 9.55 Å². The van der Waals surface area contributed by atoms with Gasteiger partial charge in [-0.25, -0.2) is 14.6 Å². The number of nitrogens with zero attached hydrogens (tertiary/aromatic N) is 2. The number of ether oxygens (including phenoxy) is 2. The Kier molecular flexibility index (Phi) is 7.96. The molecule has 36 heavy (non-hydrogen) atoms. The number of nitrogens with one attached hydrogen (secondary N) is 1. The van der Waals surface area contributed by atoms with E-state index < -0.39 is 17.8 Å². The highest BCUT2D eigenvalue weighted by Gasteiger charge is 2.28. The van der Waals surface area contributed by atoms with E-state index in [1.165, 1.54) is 27.9 Å². The van der Waals surface area contributed by atoms with Crippen LogP contribution in [0.25, 0.3) is 10.2 Å². The van der Waals surface area contributed by atoms with Gasteiger partial charge in [0.05, 0.1) is 30.4 Å². The van der Waals surface area contributed by atoms with Gasteiger partial charge in [-0.05, 0) is 44.2 Å². The van der Waals surface area contributed by atoms with Crippen LogP contribution in [0.1, 0.15) is 49.4 Å². The molecule has 1 aliphatic carbocycles. The summed E-state index contributed by atoms with van der Waals surface area (Å²) in [6, 6.07) is 0. The molecule has 0 bridgehead atoms. The molecule has 190 valence electrons. The number of anilines is 1. The van der Waals surface area contributed by atoms with Crippen LogP contribution in [-0.4, -0.2) is 46.9 Å². The van der Waals surface area contributed by atoms with Gasteiger partial charge in [0.25, 0.3) is 5.56 Å². The lowest BCUT2D eigenvalue weighted by Gasteiger charge is -2.11. The number of allylic oxidation sites excluding steroid dienone is 1. The quantitative estimate of drug-likeness (QED) is 0.183. The number of rotatable bonds is 9. The van der Waals surface area contributed by atoms with Crippen LogP contribution in [0.4, 0.5) is 5.00 Å². The molecule has 4 rings (SSSR count). The van der Waals surface area contributed by atoms with Crippen molar-refractivity contribution in [1.29, 1.82) is 0 Å². The molecule has 0 spiro atoms. The summed E-state index contributed by atoms with van der Waals surface area (Å²) in [6.07, 6.45) is 4.51. The highest BCUT2D eigenvalue weighted by molar-refractivity contribution is 7.99. The minimum Gasteiger partial charge on any atom is -0.465 e. The number of hydrogen-bond donors (Lipinski definition) is 1. The van der Waals surface area contributed by atoms with Gasteiger partial charge in [0.15, 0.2) is 5.16 Å². The van der Waals surface area contributed by atoms with E-state index >= 15 is 0 Å². The molecule has 12 heteroatoms. The number of carbonyl (C=O) groups excluding carboxylic acids is 3. The van der Waals surface area contributed by atoms with E-state index in [4.69, 9.17) is 14.5 Å². The number of thioether (sulfide) groups is 1. The van der Waals surface area contributed by atoms with Gasteiger partial charge in [-0.15, -0.1) is 29.3 Å². The van der Waals surface area contributed by atoms with E-state index in [0.29, 0.717) is 20.9 Å². The minimum atomic E-state index is -0.637. The number of hydrogen-bond acceptors (Lipinski definition) is 10. The Labute approximate surface area is 219 Å². The number of esters is 2. The number of carbonyl (C=O) groups is 3. The molecule has 0 atom stereocenters. The van der Waals surface area contributed by atoms with Crippen molar-refractivity contribution < 1.29 is 23.9 Å². The van der Waals surface area contributed by atoms with Gasteiger partial charge in [-0.3, -0.25) is 14.2 Å². The molecule has 1 N–H and O–H groups in total. The minimum absolute atomic E-state index is 0.0625. The molecule has 0 unspecified atom stereocenters. The van der Waals surface area contributed by atoms with Crippen LogP contribution in [0, 0.1) is 6.92 Å². The van der Waals surface area contributed by atoms with E-state index in [1.807, 2.05) is 0 Å². The van der Waals surface area contributed by atoms with Gasteiger partial charge in [0, 0.05) is 11.4 Å². The van der Waals surface area contributed by atoms with Crippen molar-refractivity contribution in [2.24, 2.45) is 0 Å². The van der Waals surface area contributed by atoms with E-state index in [0.717, 1.165) is 47.9 Å². The zero-order chi connectivity index (χ0) is 26.0. The lowest BCUT2D eigenvalue weighted by molar-refractivity contribution is -0.113. The molecule has 0 saturated heterocycles. The van der Waals surface area contributed by atoms with Gasteiger partial charge in [-0.2, -0.15) is 0 Å². The molecule has 9 nitrogen and oxygen atoms in total. The van der Waals surface area contributed by atoms with Gasteiger partial charge in [0.1, 0.15) is 14.7 Å². The fourth-order valence-corrected chi connectivity index (χ4v) is 7.33. The molecule has 1 amide bonds. The number of fused-ring (bicyclic) bond motifs is 3. The topological polar surface area (TPSA) is 117 Å². The first kappa shape index (κ1) is 26.1. The van der Waals surface area contributed by atoms with Crippen LogP contribution in [0.2, 0.25) is 0 Å². The molecule has 0 aromatic carbocycles. The van der Waals surface area contributed by atoms with Crippen LogP contribution in [-0.2, 0) is 33.7 Å². The molecule has 0 fully saturated rings. The summed E-state index contributed by atoms with van der Waals surface area (Å²) >= 11 is 3.62. The summed E-state index contributed by atoms with van der Waals surface area (Å²) in [4.78, 5) is 57.6. The SMILES string of the molecule is C=CCn1c(SCC(=O)Nc2sc(C(=O)OC)c(C)c2C(=O)OCC)nc2sc3c(c2c1=O)CCC3. The Morgan fingerprint density at radius 1 is 1.25 bits per heavy atom. The normalized spacial score (nSPS) is 12.4. The molecular weight excluding hydrogens is 522 g/mol. The third kappa shape index (κ3) is 4.84. The third-order valence-electron chi connectivity index (χ3n) is 5.68. The summed E-state index contributed by atoms with van der Waals surface area (Å²) in [5, 5.41) is 4.01. The number of amides is 1. The van der Waals surface area contributed by atoms with Crippen LogP contribution < -0.4 is 10.9 Å². The molecule has 0 aliphatic heterocycles. The molecule has 1 aliphatic rings. The fourth-order valence-electron chi connectivity index (χ4n) is 4.09. The Balaban J connectivity index is 1.59. The first-order chi connectivity index (χ1) is 17.3. The highest BCUT2D eigenvalue weighted by atomic mass is 32.2. The van der Waals surface area contributed by atoms with Crippen molar-refractivity contribution in [2.45, 2.75) is 44.8 Å². The van der Waals surface area contributed by atoms with E-state index in [9.17, 15) is 19.2 Å². The molecular formula is C24H25N3O6S3. The fraction of sp³-hybridized carbons (Fsp3) is 0.375. The lowest BCUT2D eigenvalue weighted by Crippen LogP contribution is -2.24. The van der Waals surface area contributed by atoms with E-state index in [1.54, 1.807) is 19.9 Å². The molecule has 0 saturated carbocycles. The summed E-state index contributed by atoms with van der Waals surface area (Å²) < 4.78 is 11.4. The van der Waals surface area contributed by atoms with Gasteiger partial charge in [-0.1, -0.05) is 17.8 Å². The van der Waals surface area contributed by atoms with Crippen molar-refractivity contribution >= 4 is 67.5 Å². The Bertz CT molecular complexity index is 1440. The van der Waals surface area contributed by atoms with Crippen LogP contribution in [0.3, 0.4) is 0 Å². The standard InChI is InChI=1S/C24H25N3O6S3/c1-5-10-27-21(29)17-13-8-7-9-14(13)35-20(17)26-24(27)34-11-15(28)25-19-16(22(30)33-6-2)12(3)18(36-19)23(31)32-4/h5H,1,6-11H2,2-4H3,(H,25,28). The number of thiophene rings is 2. The first-order valence-corrected chi connectivity index (χ1v) is 13.9. The molecule has 3 heterocycles. The van der Waals surface area contributed by atoms with Crippen molar-refractivity contribution in [3.05, 3.63) is 49.5 Å². The number of aryl methyl sites for hydroxylation is 2. The van der Waals surface area contributed by atoms with Crippen molar-refractivity contribution in [2.75, 3.05) is 24.8 Å². The van der Waals surface area contributed by atoms with E-state index in [-0.39, 0.29) is 39.9 Å². The molecule has 3 aromatic rings. The average molecular weight is 548 g/mol. The number of methoxy groups -OCH3 is 1. The summed E-state index contributed by atoms with van der Waals surface area (Å²) in [6.45, 7) is 7.44. The van der Waals surface area contributed by atoms with Crippen molar-refractivity contribution in [3.8, 4) is 0 Å². The first-order valence-electron chi connectivity index (χ1n) is 11.3. The Hall–Kier alpha value is -2.96. The average Bonchev–Trinajstić information content (AvgIpc) is 3.52. The zero-order valence-electron chi connectivity index (χ0n) is 20.1. The third-order valence-corrected chi connectivity index (χ3v) is 9.03. The predicted molar refractivity (Wildman–Crippen MR) is 142 cm³/mol. The van der Waals surface area contributed by atoms with Gasteiger partial charge >= 0.3 is 11.9 Å². The number of aromatic nitrogens is 2. The monoisotopic (exact) mass is 547 g/mol. The predicted octanol–water partition coefficient (Wildman–Crippen LogP) is 4.20. The largest absolute Gasteiger partial charge is 0.465 e. The van der Waals surface area contributed by atoms with Gasteiger partial charge in [0.2, 0.25) is 5.91 Å². The maximum atomic E-state index is 13.3. The molecule has 3 aromatic heterocycles. The van der Waals surface area contributed by atoms with Gasteiger partial charge < -0.3 is 14.8 Å². The smallest absolute Gasteiger partial charge is 0.348 e. The summed E-state index contributed by atoms with van der Waals surface area (Å²) in [7, 11) is 1.25. The summed E-state index contributed by atoms with van der Waals surface area (Å²) in [5.74, 6) is -1.72. The maximum Gasteiger partial charge on any atom is 0.348 e. The Morgan fingerprint density at radius 2 is 2.03 bits per heavy atom. The van der Waals surface area contributed by atoms with Crippen LogP contribution in [0.5, 0.6) is 0 Å². The van der Waals surface area contributed by atoms with Crippen LogP contribution >= 0.6 is 34.4 Å². The maximum absolute atomic E-state index is 13.3. The van der Waals surface area contributed by atoms with Crippen molar-refractivity contribution in [3.63, 3.8) is 0 Å². The summed E-state index contributed by atoms with van der Waals surface area (Å²) in [5.41, 5.74) is 1.48. The Morgan fingerprint density at radius 3 is 2.72 bits per heavy atom. The second-order valence-corrected chi connectivity index (χ2v) is 11.0. The second kappa shape index (κ2) is 11.0. The molecule has 0 radical (unpaired) electrons. The lowest BCUT2D eigenvalue weighted by atomic mass is 10.1. The highest BCUT2D eigenvalue weighted by Crippen LogP contribution is 2.36. The van der Waals surface area contributed by atoms with E-state index in [2.05, 4.69) is 11.9 Å². The van der Waals surface area contributed by atoms with Crippen LogP contribution in [0.15, 0.2) is 22.6 Å². The second-order valence-electron chi connectivity index (χ2n) is 7.95.